The van der Waals surface area contributed by atoms with Crippen LogP contribution in [0.1, 0.15) is 119 Å². The van der Waals surface area contributed by atoms with E-state index in [1.165, 1.54) is 4.57 Å². The van der Waals surface area contributed by atoms with Crippen LogP contribution in [0.2, 0.25) is 0 Å². The summed E-state index contributed by atoms with van der Waals surface area (Å²) in [5.41, 5.74) is 9.49. The predicted molar refractivity (Wildman–Crippen MR) is 254 cm³/mol. The van der Waals surface area contributed by atoms with Crippen molar-refractivity contribution in [2.45, 2.75) is 127 Å². The number of carbonyl (C=O) groups is 7. The summed E-state index contributed by atoms with van der Waals surface area (Å²) in [6.07, 6.45) is 8.08. The second kappa shape index (κ2) is 21.2. The zero-order valence-electron chi connectivity index (χ0n) is 39.1. The highest BCUT2D eigenvalue weighted by Gasteiger charge is 2.45. The molecule has 1 aromatic heterocycles. The second-order valence-electron chi connectivity index (χ2n) is 19.5. The zero-order valence-corrected chi connectivity index (χ0v) is 39.1. The number of aryl methyl sites for hydroxylation is 1. The van der Waals surface area contributed by atoms with Gasteiger partial charge >= 0.3 is 5.69 Å². The van der Waals surface area contributed by atoms with Gasteiger partial charge < -0.3 is 26.2 Å². The Bertz CT molecular complexity index is 2550. The van der Waals surface area contributed by atoms with E-state index in [2.05, 4.69) is 16.0 Å². The van der Waals surface area contributed by atoms with Crippen LogP contribution in [0.25, 0.3) is 11.0 Å². The Morgan fingerprint density at radius 2 is 1.46 bits per heavy atom. The molecule has 16 nitrogen and oxygen atoms in total. The van der Waals surface area contributed by atoms with E-state index in [1.807, 2.05) is 83.8 Å². The fourth-order valence-corrected chi connectivity index (χ4v) is 11.1. The summed E-state index contributed by atoms with van der Waals surface area (Å²) in [7, 11) is 1.71. The highest BCUT2D eigenvalue weighted by Crippen LogP contribution is 2.36. The van der Waals surface area contributed by atoms with Gasteiger partial charge in [0.05, 0.1) is 23.0 Å². The Morgan fingerprint density at radius 3 is 2.12 bits per heavy atom. The van der Waals surface area contributed by atoms with Crippen LogP contribution in [0.15, 0.2) is 83.7 Å². The number of hydrogen-bond acceptors (Lipinski definition) is 8. The van der Waals surface area contributed by atoms with Crippen molar-refractivity contribution in [2.24, 2.45) is 30.5 Å². The van der Waals surface area contributed by atoms with E-state index < -0.39 is 53.7 Å². The molecule has 1 unspecified atom stereocenters. The summed E-state index contributed by atoms with van der Waals surface area (Å²) in [6, 6.07) is 21.6. The number of aromatic nitrogens is 2. The van der Waals surface area contributed by atoms with Crippen LogP contribution >= 0.6 is 0 Å². The van der Waals surface area contributed by atoms with Crippen molar-refractivity contribution in [1.82, 2.24) is 34.9 Å². The number of nitrogens with zero attached hydrogens (tertiary/aromatic N) is 4. The first-order valence-electron chi connectivity index (χ1n) is 24.4. The maximum Gasteiger partial charge on any atom is 0.329 e. The number of hydrogen-bond donors (Lipinski definition) is 4. The van der Waals surface area contributed by atoms with Crippen LogP contribution in [0.4, 0.5) is 0 Å². The van der Waals surface area contributed by atoms with E-state index in [-0.39, 0.29) is 55.3 Å². The molecule has 7 amide bonds. The average molecular weight is 929 g/mol. The summed E-state index contributed by atoms with van der Waals surface area (Å²) < 4.78 is 3.08. The van der Waals surface area contributed by atoms with Crippen LogP contribution in [0.5, 0.6) is 0 Å². The average Bonchev–Trinajstić information content (AvgIpc) is 3.87. The van der Waals surface area contributed by atoms with Crippen LogP contribution in [0.3, 0.4) is 0 Å². The third-order valence-electron chi connectivity index (χ3n) is 14.9. The summed E-state index contributed by atoms with van der Waals surface area (Å²) in [4.78, 5) is 109. The lowest BCUT2D eigenvalue weighted by atomic mass is 9.77. The fourth-order valence-electron chi connectivity index (χ4n) is 11.1. The predicted octanol–water partition coefficient (Wildman–Crippen LogP) is 4.33. The number of nitrogens with one attached hydrogen (secondary N) is 3. The summed E-state index contributed by atoms with van der Waals surface area (Å²) in [5, 5.41) is 8.34. The number of fused-ring (bicyclic) bond motifs is 2. The molecule has 5 N–H and O–H groups in total. The Labute approximate surface area is 396 Å². The largest absolute Gasteiger partial charge is 0.370 e. The molecule has 1 saturated carbocycles. The lowest BCUT2D eigenvalue weighted by Gasteiger charge is -2.38. The van der Waals surface area contributed by atoms with Gasteiger partial charge in [0.2, 0.25) is 41.4 Å². The number of carbonyl (C=O) groups excluding carboxylic acids is 7. The van der Waals surface area contributed by atoms with E-state index in [4.69, 9.17) is 5.73 Å². The molecular formula is C52H64N8O8. The molecule has 1 aliphatic carbocycles. The molecule has 4 heterocycles. The first-order chi connectivity index (χ1) is 32.7. The molecule has 4 fully saturated rings. The number of benzene rings is 3. The summed E-state index contributed by atoms with van der Waals surface area (Å²) in [6.45, 7) is 2.55. The second-order valence-corrected chi connectivity index (χ2v) is 19.5. The van der Waals surface area contributed by atoms with Crippen molar-refractivity contribution < 1.29 is 33.6 Å². The highest BCUT2D eigenvalue weighted by atomic mass is 16.2. The Hall–Kier alpha value is -6.58. The topological polar surface area (TPSA) is 215 Å². The van der Waals surface area contributed by atoms with Gasteiger partial charge in [-0.05, 0) is 98.4 Å². The summed E-state index contributed by atoms with van der Waals surface area (Å²) >= 11 is 0. The quantitative estimate of drug-likeness (QED) is 0.126. The molecule has 0 bridgehead atoms. The minimum atomic E-state index is -1.07. The zero-order chi connectivity index (χ0) is 48.1. The van der Waals surface area contributed by atoms with Crippen molar-refractivity contribution in [2.75, 3.05) is 13.1 Å². The molecular weight excluding hydrogens is 865 g/mol. The maximum absolute atomic E-state index is 14.1. The van der Waals surface area contributed by atoms with Crippen molar-refractivity contribution >= 4 is 52.4 Å². The number of nitrogens with two attached hydrogens (primary N) is 1. The molecule has 8 rings (SSSR count). The van der Waals surface area contributed by atoms with Crippen molar-refractivity contribution in [3.8, 4) is 0 Å². The number of piperidine rings is 1. The van der Waals surface area contributed by atoms with Gasteiger partial charge in [-0.3, -0.25) is 48.0 Å². The molecule has 16 heteroatoms. The number of amides is 7. The Kier molecular flexibility index (Phi) is 14.9. The molecule has 0 spiro atoms. The van der Waals surface area contributed by atoms with Crippen LogP contribution < -0.4 is 27.4 Å². The van der Waals surface area contributed by atoms with E-state index in [0.717, 1.165) is 60.7 Å². The minimum absolute atomic E-state index is 0.00447. The van der Waals surface area contributed by atoms with Gasteiger partial charge in [0.15, 0.2) is 0 Å². The summed E-state index contributed by atoms with van der Waals surface area (Å²) in [5.74, 6) is -2.06. The van der Waals surface area contributed by atoms with Gasteiger partial charge in [-0.2, -0.15) is 0 Å². The van der Waals surface area contributed by atoms with Gasteiger partial charge in [0.1, 0.15) is 18.1 Å². The monoisotopic (exact) mass is 928 g/mol. The van der Waals surface area contributed by atoms with Gasteiger partial charge in [0, 0.05) is 45.4 Å². The molecule has 4 aromatic rings. The van der Waals surface area contributed by atoms with Crippen molar-refractivity contribution in [3.63, 3.8) is 0 Å². The molecule has 3 aromatic carbocycles. The van der Waals surface area contributed by atoms with E-state index in [1.54, 1.807) is 23.4 Å². The van der Waals surface area contributed by atoms with Gasteiger partial charge in [-0.1, -0.05) is 86.5 Å². The van der Waals surface area contributed by atoms with Gasteiger partial charge in [-0.25, -0.2) is 4.79 Å². The van der Waals surface area contributed by atoms with E-state index >= 15 is 0 Å². The molecule has 3 saturated heterocycles. The molecule has 68 heavy (non-hydrogen) atoms. The van der Waals surface area contributed by atoms with Gasteiger partial charge in [-0.15, -0.1) is 0 Å². The van der Waals surface area contributed by atoms with Crippen LogP contribution in [-0.2, 0) is 47.0 Å². The van der Waals surface area contributed by atoms with Crippen molar-refractivity contribution in [3.05, 3.63) is 106 Å². The molecule has 0 radical (unpaired) electrons. The normalized spacial score (nSPS) is 23.7. The van der Waals surface area contributed by atoms with Crippen molar-refractivity contribution in [1.29, 1.82) is 0 Å². The molecule has 3 aliphatic heterocycles. The van der Waals surface area contributed by atoms with Crippen LogP contribution in [0, 0.1) is 17.8 Å². The number of primary amides is 1. The first kappa shape index (κ1) is 47.9. The Balaban J connectivity index is 0.826. The standard InChI is InChI=1S/C52H64N8O8/c1-32-31-58(46(63)26-18-33-13-15-34(16-14-33)29-35-17-21-40-43(30-35)57(2)52(68)60(40)42-23-25-45(62)55-50(42)66)28-27-38-19-22-41(59(38)51(32)67)49(65)54-39(20-24-44(53)61)48(64)56-47(36-9-5-3-6-10-36)37-11-7-4-8-12-37/h3-12,17,21,30,32-34,38-39,41-42,47H,13-16,18-20,22-29,31H2,1-2H3,(H2,53,61)(H,54,65)(H,56,64)(H,55,62,66)/t32-,33-,34-,38+,39-,41-,42?/m0/s1. The first-order valence-corrected chi connectivity index (χ1v) is 24.4. The lowest BCUT2D eigenvalue weighted by Crippen LogP contribution is -2.57. The number of imidazole rings is 1. The number of rotatable bonds is 15. The molecule has 5 atom stereocenters. The highest BCUT2D eigenvalue weighted by molar-refractivity contribution is 6.00. The minimum Gasteiger partial charge on any atom is -0.370 e. The Morgan fingerprint density at radius 1 is 0.779 bits per heavy atom. The van der Waals surface area contributed by atoms with E-state index in [9.17, 15) is 38.4 Å². The SMILES string of the molecule is C[C@H]1CN(C(=O)CC[C@H]2CC[C@H](Cc3ccc4c(c3)n(C)c(=O)n4C3CCC(=O)NC3=O)CC2)CC[C@H]2CC[C@@H](C(=O)N[C@@H](CCC(N)=O)C(=O)NC(c3ccccc3)c3ccccc3)N2C1=O. The number of imide groups is 1. The van der Waals surface area contributed by atoms with Crippen LogP contribution in [-0.4, -0.2) is 91.5 Å². The lowest BCUT2D eigenvalue weighted by molar-refractivity contribution is -0.147. The third-order valence-corrected chi connectivity index (χ3v) is 14.9. The molecule has 360 valence electrons. The smallest absolute Gasteiger partial charge is 0.329 e. The molecule has 4 aliphatic rings. The fraction of sp³-hybridized carbons (Fsp3) is 0.500. The maximum atomic E-state index is 14.1. The van der Waals surface area contributed by atoms with E-state index in [0.29, 0.717) is 56.0 Å². The van der Waals surface area contributed by atoms with Gasteiger partial charge in [0.25, 0.3) is 0 Å². The third kappa shape index (κ3) is 10.7.